The molecule has 3 rings (SSSR count). The SMILES string of the molecule is CC1CCN(CCCNC(=O)CN(c2ccccc2)S(=O)(=O)c2ccccc2)CC1. The molecule has 1 saturated heterocycles. The lowest BCUT2D eigenvalue weighted by atomic mass is 9.99. The van der Waals surface area contributed by atoms with Crippen molar-refractivity contribution in [1.82, 2.24) is 10.2 Å². The smallest absolute Gasteiger partial charge is 0.264 e. The first kappa shape index (κ1) is 22.3. The minimum atomic E-state index is -3.84. The van der Waals surface area contributed by atoms with Gasteiger partial charge in [-0.1, -0.05) is 43.3 Å². The molecule has 0 aromatic heterocycles. The van der Waals surface area contributed by atoms with E-state index in [9.17, 15) is 13.2 Å². The number of carbonyl (C=O) groups is 1. The minimum absolute atomic E-state index is 0.168. The van der Waals surface area contributed by atoms with Crippen LogP contribution < -0.4 is 9.62 Å². The zero-order valence-corrected chi connectivity index (χ0v) is 18.4. The molecule has 1 aliphatic rings. The fourth-order valence-corrected chi connectivity index (χ4v) is 5.07. The number of nitrogens with zero attached hydrogens (tertiary/aromatic N) is 2. The van der Waals surface area contributed by atoms with Gasteiger partial charge in [-0.3, -0.25) is 9.10 Å². The lowest BCUT2D eigenvalue weighted by Gasteiger charge is -2.30. The Kier molecular flexibility index (Phi) is 7.87. The summed E-state index contributed by atoms with van der Waals surface area (Å²) >= 11 is 0. The molecule has 1 aliphatic heterocycles. The molecule has 2 aromatic rings. The van der Waals surface area contributed by atoms with Crippen molar-refractivity contribution in [2.45, 2.75) is 31.1 Å². The Balaban J connectivity index is 1.59. The molecule has 1 amide bonds. The van der Waals surface area contributed by atoms with Crippen LogP contribution in [0.3, 0.4) is 0 Å². The molecule has 0 spiro atoms. The molecular weight excluding hydrogens is 398 g/mol. The zero-order chi connectivity index (χ0) is 21.4. The molecule has 1 N–H and O–H groups in total. The van der Waals surface area contributed by atoms with Gasteiger partial charge in [-0.25, -0.2) is 8.42 Å². The third kappa shape index (κ3) is 6.06. The number of hydrogen-bond donors (Lipinski definition) is 1. The maximum absolute atomic E-state index is 13.2. The van der Waals surface area contributed by atoms with E-state index in [0.29, 0.717) is 12.2 Å². The van der Waals surface area contributed by atoms with Crippen LogP contribution >= 0.6 is 0 Å². The molecule has 1 heterocycles. The van der Waals surface area contributed by atoms with Gasteiger partial charge in [0.05, 0.1) is 10.6 Å². The predicted octanol–water partition coefficient (Wildman–Crippen LogP) is 3.12. The van der Waals surface area contributed by atoms with E-state index in [-0.39, 0.29) is 17.3 Å². The van der Waals surface area contributed by atoms with E-state index in [1.165, 1.54) is 17.1 Å². The molecule has 0 radical (unpaired) electrons. The van der Waals surface area contributed by atoms with Gasteiger partial charge in [0.1, 0.15) is 6.54 Å². The third-order valence-corrected chi connectivity index (χ3v) is 7.30. The average Bonchev–Trinajstić information content (AvgIpc) is 2.77. The topological polar surface area (TPSA) is 69.7 Å². The summed E-state index contributed by atoms with van der Waals surface area (Å²) in [6.45, 7) is 5.77. The highest BCUT2D eigenvalue weighted by Gasteiger charge is 2.26. The maximum Gasteiger partial charge on any atom is 0.264 e. The molecular formula is C23H31N3O3S. The Morgan fingerprint density at radius 1 is 1.03 bits per heavy atom. The van der Waals surface area contributed by atoms with Crippen molar-refractivity contribution >= 4 is 21.6 Å². The second-order valence-electron chi connectivity index (χ2n) is 7.89. The van der Waals surface area contributed by atoms with E-state index in [2.05, 4.69) is 17.1 Å². The highest BCUT2D eigenvalue weighted by Crippen LogP contribution is 2.23. The predicted molar refractivity (Wildman–Crippen MR) is 120 cm³/mol. The minimum Gasteiger partial charge on any atom is -0.354 e. The molecule has 2 aromatic carbocycles. The number of nitrogens with one attached hydrogen (secondary N) is 1. The Bertz CT molecular complexity index is 896. The van der Waals surface area contributed by atoms with Gasteiger partial charge < -0.3 is 10.2 Å². The molecule has 162 valence electrons. The standard InChI is InChI=1S/C23H31N3O3S/c1-20-13-17-25(18-14-20)16-8-15-24-23(27)19-26(21-9-4-2-5-10-21)30(28,29)22-11-6-3-7-12-22/h2-7,9-12,20H,8,13-19H2,1H3,(H,24,27). The summed E-state index contributed by atoms with van der Waals surface area (Å²) in [7, 11) is -3.84. The Hall–Kier alpha value is -2.38. The normalized spacial score (nSPS) is 15.6. The fourth-order valence-electron chi connectivity index (χ4n) is 3.63. The van der Waals surface area contributed by atoms with Gasteiger partial charge in [0.2, 0.25) is 5.91 Å². The molecule has 0 atom stereocenters. The first-order valence-electron chi connectivity index (χ1n) is 10.6. The average molecular weight is 430 g/mol. The van der Waals surface area contributed by atoms with E-state index >= 15 is 0 Å². The van der Waals surface area contributed by atoms with Gasteiger partial charge in [-0.05, 0) is 69.1 Å². The molecule has 1 fully saturated rings. The number of amides is 1. The molecule has 30 heavy (non-hydrogen) atoms. The summed E-state index contributed by atoms with van der Waals surface area (Å²) in [5, 5.41) is 2.88. The summed E-state index contributed by atoms with van der Waals surface area (Å²) in [6.07, 6.45) is 3.32. The van der Waals surface area contributed by atoms with E-state index in [0.717, 1.165) is 32.0 Å². The van der Waals surface area contributed by atoms with Crippen LogP contribution in [0, 0.1) is 5.92 Å². The van der Waals surface area contributed by atoms with E-state index < -0.39 is 10.0 Å². The van der Waals surface area contributed by atoms with Gasteiger partial charge in [0.15, 0.2) is 0 Å². The van der Waals surface area contributed by atoms with Crippen LogP contribution in [0.5, 0.6) is 0 Å². The molecule has 0 bridgehead atoms. The van der Waals surface area contributed by atoms with Gasteiger partial charge in [-0.15, -0.1) is 0 Å². The Morgan fingerprint density at radius 2 is 1.63 bits per heavy atom. The van der Waals surface area contributed by atoms with Crippen LogP contribution in [0.15, 0.2) is 65.6 Å². The molecule has 0 saturated carbocycles. The number of carbonyl (C=O) groups excluding carboxylic acids is 1. The van der Waals surface area contributed by atoms with Crippen LogP contribution in [0.2, 0.25) is 0 Å². The summed E-state index contributed by atoms with van der Waals surface area (Å²) in [4.78, 5) is 15.2. The first-order chi connectivity index (χ1) is 14.5. The van der Waals surface area contributed by atoms with Crippen molar-refractivity contribution in [2.24, 2.45) is 5.92 Å². The second-order valence-corrected chi connectivity index (χ2v) is 9.75. The number of para-hydroxylation sites is 1. The Morgan fingerprint density at radius 3 is 2.27 bits per heavy atom. The summed E-state index contributed by atoms with van der Waals surface area (Å²) in [6, 6.07) is 17.0. The van der Waals surface area contributed by atoms with Crippen molar-refractivity contribution in [1.29, 1.82) is 0 Å². The van der Waals surface area contributed by atoms with Crippen LogP contribution in [0.25, 0.3) is 0 Å². The number of sulfonamides is 1. The van der Waals surface area contributed by atoms with Crippen molar-refractivity contribution in [3.05, 3.63) is 60.7 Å². The largest absolute Gasteiger partial charge is 0.354 e. The first-order valence-corrected chi connectivity index (χ1v) is 12.0. The number of hydrogen-bond acceptors (Lipinski definition) is 4. The van der Waals surface area contributed by atoms with Crippen LogP contribution in [0.4, 0.5) is 5.69 Å². The van der Waals surface area contributed by atoms with Crippen molar-refractivity contribution in [3.8, 4) is 0 Å². The van der Waals surface area contributed by atoms with Crippen molar-refractivity contribution in [2.75, 3.05) is 37.0 Å². The van der Waals surface area contributed by atoms with Crippen LogP contribution in [0.1, 0.15) is 26.2 Å². The van der Waals surface area contributed by atoms with Crippen LogP contribution in [-0.4, -0.2) is 51.9 Å². The summed E-state index contributed by atoms with van der Waals surface area (Å²) < 4.78 is 27.5. The molecule has 0 aliphatic carbocycles. The molecule has 0 unspecified atom stereocenters. The lowest BCUT2D eigenvalue weighted by molar-refractivity contribution is -0.119. The second kappa shape index (κ2) is 10.6. The molecule has 6 nitrogen and oxygen atoms in total. The van der Waals surface area contributed by atoms with Gasteiger partial charge >= 0.3 is 0 Å². The third-order valence-electron chi connectivity index (χ3n) is 5.51. The van der Waals surface area contributed by atoms with E-state index in [4.69, 9.17) is 0 Å². The quantitative estimate of drug-likeness (QED) is 0.622. The van der Waals surface area contributed by atoms with Gasteiger partial charge in [0.25, 0.3) is 10.0 Å². The number of rotatable bonds is 9. The maximum atomic E-state index is 13.2. The fraction of sp³-hybridized carbons (Fsp3) is 0.435. The van der Waals surface area contributed by atoms with Crippen molar-refractivity contribution < 1.29 is 13.2 Å². The number of piperidine rings is 1. The number of likely N-dealkylation sites (tertiary alicyclic amines) is 1. The number of benzene rings is 2. The summed E-state index contributed by atoms with van der Waals surface area (Å²) in [5.74, 6) is 0.502. The highest BCUT2D eigenvalue weighted by atomic mass is 32.2. The van der Waals surface area contributed by atoms with Gasteiger partial charge in [0, 0.05) is 6.54 Å². The van der Waals surface area contributed by atoms with Crippen molar-refractivity contribution in [3.63, 3.8) is 0 Å². The van der Waals surface area contributed by atoms with Crippen LogP contribution in [-0.2, 0) is 14.8 Å². The molecule has 7 heteroatoms. The lowest BCUT2D eigenvalue weighted by Crippen LogP contribution is -2.41. The monoisotopic (exact) mass is 429 g/mol. The summed E-state index contributed by atoms with van der Waals surface area (Å²) in [5.41, 5.74) is 0.471. The van der Waals surface area contributed by atoms with E-state index in [1.807, 2.05) is 6.07 Å². The highest BCUT2D eigenvalue weighted by molar-refractivity contribution is 7.92. The Labute approximate surface area is 179 Å². The zero-order valence-electron chi connectivity index (χ0n) is 17.5. The number of anilines is 1. The van der Waals surface area contributed by atoms with Gasteiger partial charge in [-0.2, -0.15) is 0 Å². The van der Waals surface area contributed by atoms with E-state index in [1.54, 1.807) is 54.6 Å².